The summed E-state index contributed by atoms with van der Waals surface area (Å²) >= 11 is 1.51. The van der Waals surface area contributed by atoms with Crippen molar-refractivity contribution in [1.29, 1.82) is 0 Å². The molecule has 0 aromatic carbocycles. The average molecular weight is 329 g/mol. The molecule has 0 saturated carbocycles. The third kappa shape index (κ3) is 3.88. The quantitative estimate of drug-likeness (QED) is 0.785. The van der Waals surface area contributed by atoms with E-state index < -0.39 is 10.0 Å². The van der Waals surface area contributed by atoms with E-state index in [1.807, 2.05) is 6.92 Å². The van der Waals surface area contributed by atoms with Crippen LogP contribution in [0, 0.1) is 0 Å². The highest BCUT2D eigenvalue weighted by atomic mass is 32.2. The Kier molecular flexibility index (Phi) is 5.09. The number of nitrogens with two attached hydrogens (primary N) is 1. The Morgan fingerprint density at radius 1 is 1.48 bits per heavy atom. The fraction of sp³-hybridized carbons (Fsp3) is 0.500. The number of aromatic nitrogens is 3. The molecular formula is C12H19N5O2S2. The summed E-state index contributed by atoms with van der Waals surface area (Å²) in [7, 11) is -3.61. The van der Waals surface area contributed by atoms with E-state index in [-0.39, 0.29) is 10.9 Å². The second-order valence-corrected chi connectivity index (χ2v) is 7.45. The van der Waals surface area contributed by atoms with Crippen LogP contribution in [0.2, 0.25) is 0 Å². The lowest BCUT2D eigenvalue weighted by Crippen LogP contribution is -2.26. The number of hydrogen-bond donors (Lipinski definition) is 2. The van der Waals surface area contributed by atoms with Crippen molar-refractivity contribution in [2.75, 3.05) is 6.54 Å². The van der Waals surface area contributed by atoms with Gasteiger partial charge >= 0.3 is 0 Å². The highest BCUT2D eigenvalue weighted by molar-refractivity contribution is 7.89. The van der Waals surface area contributed by atoms with Crippen LogP contribution in [-0.2, 0) is 23.0 Å². The molecule has 0 amide bonds. The Hall–Kier alpha value is -1.29. The number of nitrogens with zero attached hydrogens (tertiary/aromatic N) is 3. The molecule has 0 bridgehead atoms. The topological polar surface area (TPSA) is 103 Å². The molecule has 0 spiro atoms. The predicted molar refractivity (Wildman–Crippen MR) is 81.5 cm³/mol. The number of thiazole rings is 1. The highest BCUT2D eigenvalue weighted by Crippen LogP contribution is 2.22. The average Bonchev–Trinajstić information content (AvgIpc) is 3.07. The van der Waals surface area contributed by atoms with Gasteiger partial charge in [0.1, 0.15) is 9.90 Å². The summed E-state index contributed by atoms with van der Waals surface area (Å²) < 4.78 is 28.7. The summed E-state index contributed by atoms with van der Waals surface area (Å²) in [5, 5.41) is 4.73. The van der Waals surface area contributed by atoms with Gasteiger partial charge in [-0.15, -0.1) is 11.3 Å². The molecule has 0 aliphatic carbocycles. The Balaban J connectivity index is 2.12. The van der Waals surface area contributed by atoms with Gasteiger partial charge < -0.3 is 5.73 Å². The molecule has 1 unspecified atom stereocenters. The van der Waals surface area contributed by atoms with Crippen molar-refractivity contribution in [2.45, 2.75) is 37.8 Å². The van der Waals surface area contributed by atoms with E-state index in [2.05, 4.69) is 14.8 Å². The third-order valence-corrected chi connectivity index (χ3v) is 5.72. The molecular weight excluding hydrogens is 310 g/mol. The molecule has 0 fully saturated rings. The maximum absolute atomic E-state index is 12.3. The van der Waals surface area contributed by atoms with Crippen molar-refractivity contribution >= 4 is 21.4 Å². The van der Waals surface area contributed by atoms with Crippen LogP contribution in [0.1, 0.15) is 29.8 Å². The first-order valence-corrected chi connectivity index (χ1v) is 8.95. The summed E-state index contributed by atoms with van der Waals surface area (Å²) in [5.74, 6) is 0. The predicted octanol–water partition coefficient (Wildman–Crippen LogP) is 0.900. The van der Waals surface area contributed by atoms with Gasteiger partial charge in [-0.05, 0) is 13.3 Å². The Morgan fingerprint density at radius 3 is 2.86 bits per heavy atom. The Bertz CT molecular complexity index is 692. The van der Waals surface area contributed by atoms with Gasteiger partial charge in [-0.3, -0.25) is 4.68 Å². The first-order valence-electron chi connectivity index (χ1n) is 6.65. The van der Waals surface area contributed by atoms with E-state index >= 15 is 0 Å². The van der Waals surface area contributed by atoms with Gasteiger partial charge in [-0.2, -0.15) is 5.10 Å². The van der Waals surface area contributed by atoms with Crippen molar-refractivity contribution in [3.05, 3.63) is 28.5 Å². The van der Waals surface area contributed by atoms with Crippen molar-refractivity contribution in [3.63, 3.8) is 0 Å². The standard InChI is InChI=1S/C12H19N5O2S2/c1-3-10-6-14-12(20-10)9(2)16-21(18,19)11-7-15-17(8-11)5-4-13/h6-9,16H,3-5,13H2,1-2H3. The van der Waals surface area contributed by atoms with Crippen LogP contribution >= 0.6 is 11.3 Å². The van der Waals surface area contributed by atoms with E-state index in [0.717, 1.165) is 16.3 Å². The number of aryl methyl sites for hydroxylation is 1. The first kappa shape index (κ1) is 16.1. The lowest BCUT2D eigenvalue weighted by atomic mass is 10.4. The van der Waals surface area contributed by atoms with E-state index in [1.54, 1.807) is 13.1 Å². The molecule has 2 aromatic rings. The molecule has 21 heavy (non-hydrogen) atoms. The van der Waals surface area contributed by atoms with Gasteiger partial charge in [0.15, 0.2) is 0 Å². The van der Waals surface area contributed by atoms with E-state index in [1.165, 1.54) is 28.4 Å². The molecule has 2 rings (SSSR count). The fourth-order valence-electron chi connectivity index (χ4n) is 1.78. The molecule has 1 atom stereocenters. The molecule has 7 nitrogen and oxygen atoms in total. The maximum atomic E-state index is 12.3. The van der Waals surface area contributed by atoms with Crippen molar-refractivity contribution in [3.8, 4) is 0 Å². The zero-order valence-electron chi connectivity index (χ0n) is 12.0. The van der Waals surface area contributed by atoms with Crippen LogP contribution in [-0.4, -0.2) is 29.7 Å². The second-order valence-electron chi connectivity index (χ2n) is 4.59. The monoisotopic (exact) mass is 329 g/mol. The van der Waals surface area contributed by atoms with Crippen molar-refractivity contribution in [2.24, 2.45) is 5.73 Å². The number of hydrogen-bond acceptors (Lipinski definition) is 6. The van der Waals surface area contributed by atoms with E-state index in [0.29, 0.717) is 13.1 Å². The normalized spacial score (nSPS) is 13.5. The van der Waals surface area contributed by atoms with Crippen molar-refractivity contribution < 1.29 is 8.42 Å². The summed E-state index contributed by atoms with van der Waals surface area (Å²) in [5.41, 5.74) is 5.42. The zero-order chi connectivity index (χ0) is 15.5. The number of rotatable bonds is 7. The molecule has 9 heteroatoms. The lowest BCUT2D eigenvalue weighted by Gasteiger charge is -2.10. The summed E-state index contributed by atoms with van der Waals surface area (Å²) in [6.45, 7) is 4.71. The van der Waals surface area contributed by atoms with Crippen LogP contribution in [0.5, 0.6) is 0 Å². The summed E-state index contributed by atoms with van der Waals surface area (Å²) in [6.07, 6.45) is 5.47. The largest absolute Gasteiger partial charge is 0.329 e. The smallest absolute Gasteiger partial charge is 0.244 e. The van der Waals surface area contributed by atoms with Crippen molar-refractivity contribution in [1.82, 2.24) is 19.5 Å². The third-order valence-electron chi connectivity index (χ3n) is 2.90. The summed E-state index contributed by atoms with van der Waals surface area (Å²) in [4.78, 5) is 5.52. The summed E-state index contributed by atoms with van der Waals surface area (Å²) in [6, 6.07) is -0.377. The molecule has 116 valence electrons. The lowest BCUT2D eigenvalue weighted by molar-refractivity contribution is 0.565. The fourth-order valence-corrected chi connectivity index (χ4v) is 3.87. The Morgan fingerprint density at radius 2 is 2.24 bits per heavy atom. The minimum absolute atomic E-state index is 0.134. The minimum Gasteiger partial charge on any atom is -0.329 e. The molecule has 2 aromatic heterocycles. The van der Waals surface area contributed by atoms with Crippen LogP contribution in [0.4, 0.5) is 0 Å². The molecule has 2 heterocycles. The SMILES string of the molecule is CCc1cnc(C(C)NS(=O)(=O)c2cnn(CCN)c2)s1. The van der Waals surface area contributed by atoms with Crippen LogP contribution in [0.25, 0.3) is 0 Å². The van der Waals surface area contributed by atoms with Gasteiger partial charge in [0.2, 0.25) is 10.0 Å². The molecule has 3 N–H and O–H groups in total. The molecule has 0 radical (unpaired) electrons. The second kappa shape index (κ2) is 6.65. The van der Waals surface area contributed by atoms with E-state index in [4.69, 9.17) is 5.73 Å². The van der Waals surface area contributed by atoms with Gasteiger partial charge in [-0.25, -0.2) is 18.1 Å². The maximum Gasteiger partial charge on any atom is 0.244 e. The molecule has 0 aliphatic heterocycles. The van der Waals surface area contributed by atoms with Crippen LogP contribution < -0.4 is 10.5 Å². The van der Waals surface area contributed by atoms with Crippen LogP contribution in [0.15, 0.2) is 23.5 Å². The Labute approximate surface area is 128 Å². The van der Waals surface area contributed by atoms with Gasteiger partial charge in [0.25, 0.3) is 0 Å². The van der Waals surface area contributed by atoms with Crippen LogP contribution in [0.3, 0.4) is 0 Å². The van der Waals surface area contributed by atoms with Gasteiger partial charge in [-0.1, -0.05) is 6.92 Å². The number of nitrogens with one attached hydrogen (secondary N) is 1. The van der Waals surface area contributed by atoms with Gasteiger partial charge in [0.05, 0.1) is 18.8 Å². The molecule has 0 saturated heterocycles. The van der Waals surface area contributed by atoms with Gasteiger partial charge in [0, 0.05) is 23.8 Å². The minimum atomic E-state index is -3.61. The first-order chi connectivity index (χ1) is 9.96. The molecule has 0 aliphatic rings. The van der Waals surface area contributed by atoms with E-state index in [9.17, 15) is 8.42 Å². The number of sulfonamides is 1. The zero-order valence-corrected chi connectivity index (χ0v) is 13.6. The highest BCUT2D eigenvalue weighted by Gasteiger charge is 2.21.